The number of benzene rings is 1. The van der Waals surface area contributed by atoms with Crippen molar-refractivity contribution in [2.24, 2.45) is 0 Å². The Labute approximate surface area is 109 Å². The zero-order valence-electron chi connectivity index (χ0n) is 11.8. The standard InChI is InChI=1S/C14H23NO3/c1-9-6-10(2)13(14(18-5)11(9)3)15(4)7-12(17)8-16/h6,12,16-17H,7-8H2,1-5H3. The second-order valence-corrected chi connectivity index (χ2v) is 4.73. The lowest BCUT2D eigenvalue weighted by molar-refractivity contribution is 0.101. The van der Waals surface area contributed by atoms with Gasteiger partial charge in [0, 0.05) is 13.6 Å². The van der Waals surface area contributed by atoms with Gasteiger partial charge in [0.05, 0.1) is 25.5 Å². The zero-order valence-corrected chi connectivity index (χ0v) is 11.8. The lowest BCUT2D eigenvalue weighted by atomic mass is 10.0. The Bertz CT molecular complexity index is 418. The molecule has 0 aliphatic carbocycles. The molecule has 0 amide bonds. The van der Waals surface area contributed by atoms with Gasteiger partial charge in [-0.25, -0.2) is 0 Å². The lowest BCUT2D eigenvalue weighted by Crippen LogP contribution is -2.32. The van der Waals surface area contributed by atoms with E-state index in [1.807, 2.05) is 25.8 Å². The summed E-state index contributed by atoms with van der Waals surface area (Å²) in [7, 11) is 3.54. The predicted octanol–water partition coefficient (Wildman–Crippen LogP) is 1.41. The molecule has 2 N–H and O–H groups in total. The lowest BCUT2D eigenvalue weighted by Gasteiger charge is -2.27. The fourth-order valence-electron chi connectivity index (χ4n) is 2.23. The molecule has 0 aromatic heterocycles. The van der Waals surface area contributed by atoms with Crippen LogP contribution in [0.5, 0.6) is 5.75 Å². The van der Waals surface area contributed by atoms with Crippen molar-refractivity contribution in [3.05, 3.63) is 22.8 Å². The molecule has 0 saturated heterocycles. The van der Waals surface area contributed by atoms with Crippen LogP contribution in [0, 0.1) is 20.8 Å². The van der Waals surface area contributed by atoms with Crippen LogP contribution in [0.3, 0.4) is 0 Å². The highest BCUT2D eigenvalue weighted by molar-refractivity contribution is 5.67. The summed E-state index contributed by atoms with van der Waals surface area (Å²) in [5.74, 6) is 0.833. The molecule has 102 valence electrons. The number of aryl methyl sites for hydroxylation is 2. The molecule has 1 rings (SSSR count). The fraction of sp³-hybridized carbons (Fsp3) is 0.571. The van der Waals surface area contributed by atoms with Gasteiger partial charge in [0.15, 0.2) is 0 Å². The van der Waals surface area contributed by atoms with Crippen molar-refractivity contribution in [3.63, 3.8) is 0 Å². The molecule has 0 fully saturated rings. The third kappa shape index (κ3) is 2.94. The molecule has 1 atom stereocenters. The van der Waals surface area contributed by atoms with Crippen molar-refractivity contribution in [1.82, 2.24) is 0 Å². The van der Waals surface area contributed by atoms with Gasteiger partial charge >= 0.3 is 0 Å². The maximum Gasteiger partial charge on any atom is 0.145 e. The van der Waals surface area contributed by atoms with Gasteiger partial charge in [-0.1, -0.05) is 6.07 Å². The number of nitrogens with zero attached hydrogens (tertiary/aromatic N) is 1. The number of rotatable bonds is 5. The first-order valence-electron chi connectivity index (χ1n) is 6.07. The van der Waals surface area contributed by atoms with Crippen LogP contribution in [-0.2, 0) is 0 Å². The average molecular weight is 253 g/mol. The summed E-state index contributed by atoms with van der Waals surface area (Å²) in [6, 6.07) is 2.11. The van der Waals surface area contributed by atoms with Crippen LogP contribution >= 0.6 is 0 Å². The Balaban J connectivity index is 3.18. The second kappa shape index (κ2) is 6.07. The molecule has 1 aromatic rings. The number of anilines is 1. The van der Waals surface area contributed by atoms with Crippen molar-refractivity contribution in [2.75, 3.05) is 32.2 Å². The minimum atomic E-state index is -0.749. The Morgan fingerprint density at radius 1 is 1.28 bits per heavy atom. The molecule has 1 aromatic carbocycles. The van der Waals surface area contributed by atoms with E-state index in [-0.39, 0.29) is 6.61 Å². The summed E-state index contributed by atoms with van der Waals surface area (Å²) < 4.78 is 5.49. The number of hydrogen-bond donors (Lipinski definition) is 2. The average Bonchev–Trinajstić information content (AvgIpc) is 2.32. The van der Waals surface area contributed by atoms with E-state index >= 15 is 0 Å². The van der Waals surface area contributed by atoms with Crippen LogP contribution in [0.1, 0.15) is 16.7 Å². The maximum absolute atomic E-state index is 9.54. The van der Waals surface area contributed by atoms with Gasteiger partial charge in [0.25, 0.3) is 0 Å². The van der Waals surface area contributed by atoms with Crippen LogP contribution in [0.2, 0.25) is 0 Å². The van der Waals surface area contributed by atoms with Gasteiger partial charge in [-0.2, -0.15) is 0 Å². The van der Waals surface area contributed by atoms with E-state index in [0.29, 0.717) is 6.54 Å². The highest BCUT2D eigenvalue weighted by Gasteiger charge is 2.17. The Morgan fingerprint density at radius 3 is 2.39 bits per heavy atom. The van der Waals surface area contributed by atoms with E-state index in [0.717, 1.165) is 22.6 Å². The smallest absolute Gasteiger partial charge is 0.145 e. The largest absolute Gasteiger partial charge is 0.494 e. The fourth-order valence-corrected chi connectivity index (χ4v) is 2.23. The molecule has 0 aliphatic rings. The van der Waals surface area contributed by atoms with Gasteiger partial charge in [-0.15, -0.1) is 0 Å². The van der Waals surface area contributed by atoms with Crippen LogP contribution in [-0.4, -0.2) is 43.6 Å². The molecule has 0 spiro atoms. The van der Waals surface area contributed by atoms with E-state index in [1.165, 1.54) is 5.56 Å². The van der Waals surface area contributed by atoms with Crippen molar-refractivity contribution >= 4 is 5.69 Å². The van der Waals surface area contributed by atoms with Crippen LogP contribution in [0.4, 0.5) is 5.69 Å². The number of hydrogen-bond acceptors (Lipinski definition) is 4. The molecule has 0 bridgehead atoms. The van der Waals surface area contributed by atoms with Gasteiger partial charge in [-0.3, -0.25) is 0 Å². The number of methoxy groups -OCH3 is 1. The molecule has 4 heteroatoms. The van der Waals surface area contributed by atoms with Crippen LogP contribution < -0.4 is 9.64 Å². The molecule has 4 nitrogen and oxygen atoms in total. The van der Waals surface area contributed by atoms with Gasteiger partial charge in [0.1, 0.15) is 5.75 Å². The zero-order chi connectivity index (χ0) is 13.9. The Kier molecular flexibility index (Phi) is 4.99. The summed E-state index contributed by atoms with van der Waals surface area (Å²) in [4.78, 5) is 1.92. The Morgan fingerprint density at radius 2 is 1.89 bits per heavy atom. The first-order chi connectivity index (χ1) is 8.42. The van der Waals surface area contributed by atoms with Crippen LogP contribution in [0.25, 0.3) is 0 Å². The molecule has 0 aliphatic heterocycles. The molecular weight excluding hydrogens is 230 g/mol. The SMILES string of the molecule is COc1c(C)c(C)cc(C)c1N(C)CC(O)CO. The van der Waals surface area contributed by atoms with Crippen molar-refractivity contribution in [1.29, 1.82) is 0 Å². The maximum atomic E-state index is 9.54. The van der Waals surface area contributed by atoms with Crippen molar-refractivity contribution < 1.29 is 14.9 Å². The minimum Gasteiger partial charge on any atom is -0.494 e. The highest BCUT2D eigenvalue weighted by atomic mass is 16.5. The van der Waals surface area contributed by atoms with E-state index in [4.69, 9.17) is 9.84 Å². The third-order valence-corrected chi connectivity index (χ3v) is 3.23. The number of aliphatic hydroxyl groups is 2. The minimum absolute atomic E-state index is 0.240. The summed E-state index contributed by atoms with van der Waals surface area (Å²) in [6.45, 7) is 6.23. The number of ether oxygens (including phenoxy) is 1. The summed E-state index contributed by atoms with van der Waals surface area (Å²) in [5.41, 5.74) is 4.35. The first-order valence-corrected chi connectivity index (χ1v) is 6.07. The van der Waals surface area contributed by atoms with Crippen LogP contribution in [0.15, 0.2) is 6.07 Å². The molecular formula is C14H23NO3. The van der Waals surface area contributed by atoms with E-state index in [2.05, 4.69) is 13.0 Å². The summed E-state index contributed by atoms with van der Waals surface area (Å²) >= 11 is 0. The van der Waals surface area contributed by atoms with E-state index in [1.54, 1.807) is 7.11 Å². The molecule has 0 saturated carbocycles. The van der Waals surface area contributed by atoms with Crippen molar-refractivity contribution in [3.8, 4) is 5.75 Å². The molecule has 0 radical (unpaired) electrons. The topological polar surface area (TPSA) is 52.9 Å². The van der Waals surface area contributed by atoms with Gasteiger partial charge < -0.3 is 19.8 Å². The predicted molar refractivity (Wildman–Crippen MR) is 73.6 cm³/mol. The van der Waals surface area contributed by atoms with Crippen molar-refractivity contribution in [2.45, 2.75) is 26.9 Å². The monoisotopic (exact) mass is 253 g/mol. The molecule has 1 unspecified atom stereocenters. The number of aliphatic hydroxyl groups excluding tert-OH is 2. The third-order valence-electron chi connectivity index (χ3n) is 3.23. The second-order valence-electron chi connectivity index (χ2n) is 4.73. The Hall–Kier alpha value is -1.26. The van der Waals surface area contributed by atoms with E-state index < -0.39 is 6.10 Å². The van der Waals surface area contributed by atoms with Gasteiger partial charge in [0.2, 0.25) is 0 Å². The molecule has 0 heterocycles. The normalized spacial score (nSPS) is 12.4. The summed E-state index contributed by atoms with van der Waals surface area (Å²) in [5, 5.41) is 18.5. The van der Waals surface area contributed by atoms with Gasteiger partial charge in [-0.05, 0) is 37.5 Å². The number of likely N-dealkylation sites (N-methyl/N-ethyl adjacent to an activating group) is 1. The van der Waals surface area contributed by atoms with E-state index in [9.17, 15) is 5.11 Å². The molecule has 18 heavy (non-hydrogen) atoms. The summed E-state index contributed by atoms with van der Waals surface area (Å²) in [6.07, 6.45) is -0.749. The highest BCUT2D eigenvalue weighted by Crippen LogP contribution is 2.36. The first kappa shape index (κ1) is 14.8. The quantitative estimate of drug-likeness (QED) is 0.833.